The van der Waals surface area contributed by atoms with Crippen LogP contribution in [0.15, 0.2) is 42.5 Å². The number of phenols is 1. The SMILES string of the molecule is CC(C(=O)O)c1ccc(C[C@@H](C)NC[C@H](O[Si](C)(C)C(C)(C)C)c2ccc(O)c(CO)c2)cc1. The van der Waals surface area contributed by atoms with Crippen molar-refractivity contribution < 1.29 is 24.5 Å². The molecule has 6 nitrogen and oxygen atoms in total. The van der Waals surface area contributed by atoms with Gasteiger partial charge in [0.2, 0.25) is 0 Å². The zero-order chi connectivity index (χ0) is 25.7. The molecule has 2 rings (SSSR count). The molecular formula is C27H41NO5Si. The number of hydrogen-bond donors (Lipinski definition) is 4. The largest absolute Gasteiger partial charge is 0.508 e. The van der Waals surface area contributed by atoms with Crippen molar-refractivity contribution in [2.24, 2.45) is 0 Å². The van der Waals surface area contributed by atoms with Crippen molar-refractivity contribution in [3.05, 3.63) is 64.7 Å². The Kier molecular flexibility index (Phi) is 9.48. The number of carboxylic acid groups (broad SMARTS) is 1. The second kappa shape index (κ2) is 11.5. The molecule has 4 N–H and O–H groups in total. The number of aliphatic hydroxyl groups excluding tert-OH is 1. The number of benzene rings is 2. The lowest BCUT2D eigenvalue weighted by molar-refractivity contribution is -0.138. The van der Waals surface area contributed by atoms with E-state index >= 15 is 0 Å². The van der Waals surface area contributed by atoms with Crippen LogP contribution in [0.25, 0.3) is 0 Å². The minimum Gasteiger partial charge on any atom is -0.508 e. The molecule has 34 heavy (non-hydrogen) atoms. The third-order valence-corrected chi connectivity index (χ3v) is 11.4. The molecule has 0 aliphatic rings. The highest BCUT2D eigenvalue weighted by molar-refractivity contribution is 6.74. The molecule has 0 fully saturated rings. The van der Waals surface area contributed by atoms with Gasteiger partial charge in [0.15, 0.2) is 8.32 Å². The number of rotatable bonds is 11. The zero-order valence-corrected chi connectivity index (χ0v) is 22.6. The van der Waals surface area contributed by atoms with E-state index in [-0.39, 0.29) is 29.5 Å². The first-order valence-electron chi connectivity index (χ1n) is 11.9. The summed E-state index contributed by atoms with van der Waals surface area (Å²) in [6.45, 7) is 15.2. The van der Waals surface area contributed by atoms with Gasteiger partial charge in [-0.15, -0.1) is 0 Å². The van der Waals surface area contributed by atoms with E-state index in [4.69, 9.17) is 4.43 Å². The molecule has 0 aromatic heterocycles. The lowest BCUT2D eigenvalue weighted by atomic mass is 9.98. The molecule has 0 amide bonds. The monoisotopic (exact) mass is 487 g/mol. The molecule has 0 saturated heterocycles. The topological polar surface area (TPSA) is 99.0 Å². The van der Waals surface area contributed by atoms with Gasteiger partial charge in [-0.3, -0.25) is 4.79 Å². The van der Waals surface area contributed by atoms with Gasteiger partial charge in [-0.1, -0.05) is 51.1 Å². The third-order valence-electron chi connectivity index (χ3n) is 6.93. The number of carboxylic acids is 1. The first kappa shape index (κ1) is 28.0. The number of aromatic hydroxyl groups is 1. The lowest BCUT2D eigenvalue weighted by Crippen LogP contribution is -2.44. The van der Waals surface area contributed by atoms with Crippen molar-refractivity contribution >= 4 is 14.3 Å². The summed E-state index contributed by atoms with van der Waals surface area (Å²) in [5.74, 6) is -1.26. The van der Waals surface area contributed by atoms with Crippen LogP contribution >= 0.6 is 0 Å². The third kappa shape index (κ3) is 7.40. The molecule has 0 bridgehead atoms. The van der Waals surface area contributed by atoms with Crippen LogP contribution in [-0.2, 0) is 22.2 Å². The van der Waals surface area contributed by atoms with E-state index in [1.807, 2.05) is 36.4 Å². The summed E-state index contributed by atoms with van der Waals surface area (Å²) in [6, 6.07) is 13.2. The standard InChI is InChI=1S/C27H41NO5Si/c1-18(14-20-8-10-21(11-9-20)19(2)26(31)32)28-16-25(33-34(6,7)27(3,4)5)22-12-13-24(30)23(15-22)17-29/h8-13,15,18-19,25,28-30H,14,16-17H2,1-7H3,(H,31,32)/t18-,19?,25+/m1/s1. The van der Waals surface area contributed by atoms with Crippen molar-refractivity contribution in [1.82, 2.24) is 5.32 Å². The Morgan fingerprint density at radius 2 is 1.65 bits per heavy atom. The smallest absolute Gasteiger partial charge is 0.310 e. The van der Waals surface area contributed by atoms with Crippen LogP contribution in [0.4, 0.5) is 0 Å². The van der Waals surface area contributed by atoms with Crippen molar-refractivity contribution in [3.8, 4) is 5.75 Å². The van der Waals surface area contributed by atoms with Crippen molar-refractivity contribution in [2.75, 3.05) is 6.54 Å². The average Bonchev–Trinajstić information content (AvgIpc) is 2.76. The number of aliphatic carboxylic acids is 1. The van der Waals surface area contributed by atoms with Crippen molar-refractivity contribution in [3.63, 3.8) is 0 Å². The molecular weight excluding hydrogens is 446 g/mol. The first-order chi connectivity index (χ1) is 15.7. The normalized spacial score (nSPS) is 15.1. The highest BCUT2D eigenvalue weighted by Gasteiger charge is 2.39. The minimum absolute atomic E-state index is 0.0441. The van der Waals surface area contributed by atoms with Crippen LogP contribution in [0, 0.1) is 0 Å². The minimum atomic E-state index is -2.08. The van der Waals surface area contributed by atoms with Crippen LogP contribution in [0.1, 0.15) is 68.9 Å². The number of nitrogens with one attached hydrogen (secondary N) is 1. The summed E-state index contributed by atoms with van der Waals surface area (Å²) in [5.41, 5.74) is 3.35. The summed E-state index contributed by atoms with van der Waals surface area (Å²) in [6.07, 6.45) is 0.583. The Hall–Kier alpha value is -2.19. The Morgan fingerprint density at radius 1 is 1.06 bits per heavy atom. The van der Waals surface area contributed by atoms with Gasteiger partial charge in [0.1, 0.15) is 5.75 Å². The summed E-state index contributed by atoms with van der Waals surface area (Å²) < 4.78 is 6.75. The van der Waals surface area contributed by atoms with Gasteiger partial charge in [-0.05, 0) is 67.2 Å². The molecule has 0 radical (unpaired) electrons. The highest BCUT2D eigenvalue weighted by atomic mass is 28.4. The summed E-state index contributed by atoms with van der Waals surface area (Å²) in [4.78, 5) is 11.2. The molecule has 1 unspecified atom stereocenters. The molecule has 188 valence electrons. The van der Waals surface area contributed by atoms with E-state index in [1.165, 1.54) is 0 Å². The van der Waals surface area contributed by atoms with E-state index < -0.39 is 20.2 Å². The second-order valence-electron chi connectivity index (χ2n) is 10.7. The van der Waals surface area contributed by atoms with Crippen LogP contribution in [0.5, 0.6) is 5.75 Å². The van der Waals surface area contributed by atoms with E-state index in [1.54, 1.807) is 13.0 Å². The predicted molar refractivity (Wildman–Crippen MR) is 139 cm³/mol. The van der Waals surface area contributed by atoms with Crippen LogP contribution in [0.3, 0.4) is 0 Å². The van der Waals surface area contributed by atoms with E-state index in [0.717, 1.165) is 23.1 Å². The second-order valence-corrected chi connectivity index (χ2v) is 15.5. The molecule has 0 saturated carbocycles. The van der Waals surface area contributed by atoms with Gasteiger partial charge in [0, 0.05) is 18.2 Å². The van der Waals surface area contributed by atoms with Gasteiger partial charge in [-0.25, -0.2) is 0 Å². The molecule has 2 aromatic carbocycles. The van der Waals surface area contributed by atoms with Crippen molar-refractivity contribution in [1.29, 1.82) is 0 Å². The summed E-state index contributed by atoms with van der Waals surface area (Å²) in [5, 5.41) is 32.4. The quantitative estimate of drug-likeness (QED) is 0.319. The van der Waals surface area contributed by atoms with Crippen LogP contribution in [-0.4, -0.2) is 42.2 Å². The molecule has 7 heteroatoms. The van der Waals surface area contributed by atoms with E-state index in [0.29, 0.717) is 12.1 Å². The lowest BCUT2D eigenvalue weighted by Gasteiger charge is -2.40. The Bertz CT molecular complexity index is 952. The zero-order valence-electron chi connectivity index (χ0n) is 21.6. The summed E-state index contributed by atoms with van der Waals surface area (Å²) >= 11 is 0. The molecule has 0 spiro atoms. The number of carbonyl (C=O) groups is 1. The van der Waals surface area contributed by atoms with Crippen molar-refractivity contribution in [2.45, 2.75) is 83.8 Å². The first-order valence-corrected chi connectivity index (χ1v) is 14.8. The van der Waals surface area contributed by atoms with Gasteiger partial charge in [0.25, 0.3) is 0 Å². The fraction of sp³-hybridized carbons (Fsp3) is 0.519. The Balaban J connectivity index is 2.14. The van der Waals surface area contributed by atoms with Gasteiger partial charge < -0.3 is 25.1 Å². The van der Waals surface area contributed by atoms with Gasteiger partial charge in [0.05, 0.1) is 18.6 Å². The van der Waals surface area contributed by atoms with E-state index in [2.05, 4.69) is 46.1 Å². The summed E-state index contributed by atoms with van der Waals surface area (Å²) in [7, 11) is -2.08. The maximum absolute atomic E-state index is 11.2. The molecule has 2 aromatic rings. The number of hydrogen-bond acceptors (Lipinski definition) is 5. The van der Waals surface area contributed by atoms with Crippen LogP contribution in [0.2, 0.25) is 18.1 Å². The van der Waals surface area contributed by atoms with Gasteiger partial charge in [-0.2, -0.15) is 0 Å². The Morgan fingerprint density at radius 3 is 2.18 bits per heavy atom. The fourth-order valence-corrected chi connectivity index (χ4v) is 4.80. The molecule has 3 atom stereocenters. The highest BCUT2D eigenvalue weighted by Crippen LogP contribution is 2.40. The fourth-order valence-electron chi connectivity index (χ4n) is 3.51. The maximum atomic E-state index is 11.2. The maximum Gasteiger partial charge on any atom is 0.310 e. The average molecular weight is 488 g/mol. The Labute approximate surface area is 205 Å². The molecule has 0 heterocycles. The van der Waals surface area contributed by atoms with Gasteiger partial charge >= 0.3 is 5.97 Å². The molecule has 0 aliphatic heterocycles. The van der Waals surface area contributed by atoms with E-state index in [9.17, 15) is 20.1 Å². The predicted octanol–water partition coefficient (Wildman–Crippen LogP) is 5.36. The van der Waals surface area contributed by atoms with Crippen LogP contribution < -0.4 is 5.32 Å². The molecule has 0 aliphatic carbocycles. The number of aliphatic hydroxyl groups is 1.